The molecule has 0 aromatic carbocycles. The molecule has 2 heterocycles. The molecule has 2 saturated heterocycles. The molecule has 44 heavy (non-hydrogen) atoms. The fourth-order valence-electron chi connectivity index (χ4n) is 5.65. The molecular weight excluding hydrogens is 570 g/mol. The maximum atomic E-state index is 14.1. The molecule has 5 amide bonds. The number of aliphatic hydroxyl groups is 1. The summed E-state index contributed by atoms with van der Waals surface area (Å²) >= 11 is 0. The summed E-state index contributed by atoms with van der Waals surface area (Å²) in [6.07, 6.45) is 0.200. The van der Waals surface area contributed by atoms with E-state index in [-0.39, 0.29) is 37.8 Å². The molecule has 3 N–H and O–H groups in total. The lowest BCUT2D eigenvalue weighted by Crippen LogP contribution is -2.61. The van der Waals surface area contributed by atoms with Gasteiger partial charge in [0.05, 0.1) is 12.0 Å². The Balaban J connectivity index is 2.58. The molecule has 1 unspecified atom stereocenters. The van der Waals surface area contributed by atoms with Gasteiger partial charge in [-0.25, -0.2) is 0 Å². The van der Waals surface area contributed by atoms with Crippen molar-refractivity contribution in [2.45, 2.75) is 123 Å². The molecule has 2 rings (SSSR count). The number of amides is 5. The Morgan fingerprint density at radius 1 is 0.932 bits per heavy atom. The predicted octanol–water partition coefficient (Wildman–Crippen LogP) is 0.821. The van der Waals surface area contributed by atoms with Crippen LogP contribution in [0.2, 0.25) is 0 Å². The molecule has 0 radical (unpaired) electrons. The lowest BCUT2D eigenvalue weighted by atomic mass is 9.92. The first-order chi connectivity index (χ1) is 20.4. The van der Waals surface area contributed by atoms with E-state index in [1.165, 1.54) is 42.6 Å². The van der Waals surface area contributed by atoms with E-state index in [0.29, 0.717) is 25.7 Å². The first kappa shape index (κ1) is 37.0. The van der Waals surface area contributed by atoms with Crippen molar-refractivity contribution in [3.63, 3.8) is 0 Å². The molecule has 2 aliphatic rings. The zero-order chi connectivity index (χ0) is 33.5. The molecule has 13 heteroatoms. The molecule has 0 spiro atoms. The lowest BCUT2D eigenvalue weighted by molar-refractivity contribution is -0.164. The van der Waals surface area contributed by atoms with E-state index in [1.54, 1.807) is 6.92 Å². The van der Waals surface area contributed by atoms with E-state index < -0.39 is 71.4 Å². The van der Waals surface area contributed by atoms with Gasteiger partial charge in [0.1, 0.15) is 24.2 Å². The van der Waals surface area contributed by atoms with E-state index in [1.807, 2.05) is 27.7 Å². The van der Waals surface area contributed by atoms with Crippen molar-refractivity contribution in [3.8, 4) is 0 Å². The minimum absolute atomic E-state index is 0.105. The van der Waals surface area contributed by atoms with Crippen molar-refractivity contribution in [2.75, 3.05) is 27.2 Å². The van der Waals surface area contributed by atoms with Crippen molar-refractivity contribution < 1.29 is 38.6 Å². The monoisotopic (exact) mass is 623 g/mol. The molecule has 250 valence electrons. The number of hydrogen-bond donors (Lipinski definition) is 3. The van der Waals surface area contributed by atoms with Gasteiger partial charge in [0, 0.05) is 33.6 Å². The van der Waals surface area contributed by atoms with Crippen molar-refractivity contribution in [1.29, 1.82) is 0 Å². The maximum Gasteiger partial charge on any atom is 0.308 e. The Labute approximate surface area is 261 Å². The minimum Gasteiger partial charge on any atom is -0.452 e. The summed E-state index contributed by atoms with van der Waals surface area (Å²) < 4.78 is 5.51. The second-order valence-corrected chi connectivity index (χ2v) is 13.0. The second kappa shape index (κ2) is 15.7. The molecular formula is C31H53N5O8. The number of nitrogens with one attached hydrogen (secondary N) is 2. The number of rotatable bonds is 6. The predicted molar refractivity (Wildman–Crippen MR) is 163 cm³/mol. The van der Waals surface area contributed by atoms with Crippen molar-refractivity contribution in [1.82, 2.24) is 25.3 Å². The molecule has 0 aliphatic carbocycles. The summed E-state index contributed by atoms with van der Waals surface area (Å²) in [5, 5.41) is 16.0. The Morgan fingerprint density at radius 3 is 2.11 bits per heavy atom. The SMILES string of the molecule is CC[C@H](C)C1C(=O)N(C)[C@@H](C)C(=O)NCCC(=O)O[C@H](CC(C)(C)O)C(=O)N2CCC[C@H]2C(=O)N[C@@H]([C@@H](C)CC)C(=O)N1C. The van der Waals surface area contributed by atoms with Crippen molar-refractivity contribution >= 4 is 35.5 Å². The van der Waals surface area contributed by atoms with Crippen LogP contribution in [0.5, 0.6) is 0 Å². The Kier molecular flexibility index (Phi) is 13.2. The molecule has 7 atom stereocenters. The third-order valence-electron chi connectivity index (χ3n) is 8.99. The number of cyclic esters (lactones) is 1. The lowest BCUT2D eigenvalue weighted by Gasteiger charge is -2.38. The standard InChI is InChI=1S/C31H53N5O8/c1-10-18(3)24-29(41)35(9)25(19(4)11-2)30(42)34(8)20(5)26(38)32-15-14-23(37)44-22(17-31(6,7)43)28(40)36-16-12-13-21(36)27(39)33-24/h18-22,24-25,43H,10-17H2,1-9H3,(H,32,38)(H,33,39)/t18-,19-,20-,21-,22+,24-,25?/m0/s1. The van der Waals surface area contributed by atoms with Gasteiger partial charge < -0.3 is 35.2 Å². The Bertz CT molecular complexity index is 1080. The van der Waals surface area contributed by atoms with Crippen LogP contribution in [0.15, 0.2) is 0 Å². The van der Waals surface area contributed by atoms with Gasteiger partial charge in [0.2, 0.25) is 23.6 Å². The number of likely N-dealkylation sites (N-methyl/N-ethyl adjacent to an activating group) is 2. The molecule has 0 bridgehead atoms. The second-order valence-electron chi connectivity index (χ2n) is 13.0. The smallest absolute Gasteiger partial charge is 0.308 e. The summed E-state index contributed by atoms with van der Waals surface area (Å²) in [5.41, 5.74) is -1.36. The summed E-state index contributed by atoms with van der Waals surface area (Å²) in [7, 11) is 3.03. The molecule has 2 aliphatic heterocycles. The van der Waals surface area contributed by atoms with Gasteiger partial charge in [-0.2, -0.15) is 0 Å². The number of carbonyl (C=O) groups is 6. The topological polar surface area (TPSA) is 166 Å². The number of fused-ring (bicyclic) bond motifs is 1. The van der Waals surface area contributed by atoms with Crippen LogP contribution in [-0.2, 0) is 33.5 Å². The summed E-state index contributed by atoms with van der Waals surface area (Å²) in [4.78, 5) is 85.1. The summed E-state index contributed by atoms with van der Waals surface area (Å²) in [5.74, 6) is -3.82. The van der Waals surface area contributed by atoms with E-state index in [9.17, 15) is 33.9 Å². The number of esters is 1. The highest BCUT2D eigenvalue weighted by Gasteiger charge is 2.43. The highest BCUT2D eigenvalue weighted by molar-refractivity contribution is 5.96. The highest BCUT2D eigenvalue weighted by Crippen LogP contribution is 2.25. The maximum absolute atomic E-state index is 14.1. The van der Waals surface area contributed by atoms with Crippen molar-refractivity contribution in [2.24, 2.45) is 11.8 Å². The first-order valence-electron chi connectivity index (χ1n) is 15.8. The van der Waals surface area contributed by atoms with Gasteiger partial charge in [-0.05, 0) is 45.4 Å². The van der Waals surface area contributed by atoms with Crippen LogP contribution in [0.4, 0.5) is 0 Å². The third-order valence-corrected chi connectivity index (χ3v) is 8.99. The van der Waals surface area contributed by atoms with Crippen LogP contribution < -0.4 is 10.6 Å². The summed E-state index contributed by atoms with van der Waals surface area (Å²) in [6, 6.07) is -3.71. The molecule has 0 saturated carbocycles. The van der Waals surface area contributed by atoms with Gasteiger partial charge in [0.15, 0.2) is 6.10 Å². The first-order valence-corrected chi connectivity index (χ1v) is 15.8. The highest BCUT2D eigenvalue weighted by atomic mass is 16.5. The van der Waals surface area contributed by atoms with Gasteiger partial charge in [-0.15, -0.1) is 0 Å². The minimum atomic E-state index is -1.36. The number of hydrogen-bond acceptors (Lipinski definition) is 8. The number of ether oxygens (including phenoxy) is 1. The van der Waals surface area contributed by atoms with Crippen LogP contribution in [0.3, 0.4) is 0 Å². The zero-order valence-electron chi connectivity index (χ0n) is 27.8. The summed E-state index contributed by atoms with van der Waals surface area (Å²) in [6.45, 7) is 12.2. The molecule has 0 aromatic rings. The van der Waals surface area contributed by atoms with Crippen LogP contribution in [0.1, 0.15) is 87.0 Å². The largest absolute Gasteiger partial charge is 0.452 e. The quantitative estimate of drug-likeness (QED) is 0.366. The van der Waals surface area contributed by atoms with Crippen LogP contribution in [0.25, 0.3) is 0 Å². The zero-order valence-corrected chi connectivity index (χ0v) is 27.8. The van der Waals surface area contributed by atoms with E-state index in [4.69, 9.17) is 4.74 Å². The van der Waals surface area contributed by atoms with Crippen molar-refractivity contribution in [3.05, 3.63) is 0 Å². The molecule has 2 fully saturated rings. The van der Waals surface area contributed by atoms with Gasteiger partial charge >= 0.3 is 5.97 Å². The third kappa shape index (κ3) is 9.15. The van der Waals surface area contributed by atoms with Gasteiger partial charge in [-0.3, -0.25) is 28.8 Å². The molecule has 0 aromatic heterocycles. The van der Waals surface area contributed by atoms with Gasteiger partial charge in [-0.1, -0.05) is 40.5 Å². The van der Waals surface area contributed by atoms with E-state index in [0.717, 1.165) is 0 Å². The normalized spacial score (nSPS) is 28.8. The number of nitrogens with zero attached hydrogens (tertiary/aromatic N) is 3. The van der Waals surface area contributed by atoms with Crippen LogP contribution in [0, 0.1) is 11.8 Å². The Hall–Kier alpha value is -3.22. The van der Waals surface area contributed by atoms with E-state index >= 15 is 0 Å². The fraction of sp³-hybridized carbons (Fsp3) is 0.806. The van der Waals surface area contributed by atoms with Crippen LogP contribution >= 0.6 is 0 Å². The van der Waals surface area contributed by atoms with E-state index in [2.05, 4.69) is 10.6 Å². The average molecular weight is 624 g/mol. The average Bonchev–Trinajstić information content (AvgIpc) is 3.46. The van der Waals surface area contributed by atoms with Gasteiger partial charge in [0.25, 0.3) is 5.91 Å². The fourth-order valence-corrected chi connectivity index (χ4v) is 5.65. The molecule has 13 nitrogen and oxygen atoms in total. The Morgan fingerprint density at radius 2 is 1.55 bits per heavy atom. The van der Waals surface area contributed by atoms with Crippen LogP contribution in [-0.4, -0.2) is 118 Å². The number of carbonyl (C=O) groups excluding carboxylic acids is 6.